The molecule has 1 aromatic carbocycles. The van der Waals surface area contributed by atoms with Crippen LogP contribution in [0.25, 0.3) is 0 Å². The molecule has 0 N–H and O–H groups in total. The molecular formula is C17H24N2O3S. The van der Waals surface area contributed by atoms with Crippen LogP contribution in [0.5, 0.6) is 0 Å². The predicted octanol–water partition coefficient (Wildman–Crippen LogP) is 2.49. The Bertz CT molecular complexity index is 681. The number of benzene rings is 1. The van der Waals surface area contributed by atoms with E-state index in [0.29, 0.717) is 18.7 Å². The Kier molecular flexibility index (Phi) is 4.73. The first-order chi connectivity index (χ1) is 11.0. The highest BCUT2D eigenvalue weighted by molar-refractivity contribution is 7.89. The number of hydrogen-bond acceptors (Lipinski definition) is 3. The van der Waals surface area contributed by atoms with Crippen LogP contribution in [0.1, 0.15) is 49.4 Å². The molecule has 6 heteroatoms. The van der Waals surface area contributed by atoms with Crippen molar-refractivity contribution < 1.29 is 13.2 Å². The van der Waals surface area contributed by atoms with Gasteiger partial charge in [-0.05, 0) is 57.2 Å². The van der Waals surface area contributed by atoms with Gasteiger partial charge in [-0.3, -0.25) is 4.79 Å². The summed E-state index contributed by atoms with van der Waals surface area (Å²) < 4.78 is 26.8. The van der Waals surface area contributed by atoms with E-state index in [1.807, 2.05) is 4.90 Å². The van der Waals surface area contributed by atoms with Crippen molar-refractivity contribution in [2.75, 3.05) is 19.6 Å². The number of sulfonamides is 1. The van der Waals surface area contributed by atoms with Gasteiger partial charge in [0.05, 0.1) is 4.90 Å². The standard InChI is InChI=1S/C17H24N2O3S/c1-14-7-2-3-12-19(14)17(20)15-8-6-9-16(13-15)23(21,22)18-10-4-5-11-18/h6,8-9,13-14H,2-5,7,10-12H2,1H3. The molecule has 126 valence electrons. The topological polar surface area (TPSA) is 57.7 Å². The van der Waals surface area contributed by atoms with Crippen LogP contribution in [0.2, 0.25) is 0 Å². The molecule has 1 unspecified atom stereocenters. The highest BCUT2D eigenvalue weighted by Gasteiger charge is 2.29. The molecule has 0 aromatic heterocycles. The van der Waals surface area contributed by atoms with E-state index in [0.717, 1.165) is 38.6 Å². The highest BCUT2D eigenvalue weighted by atomic mass is 32.2. The summed E-state index contributed by atoms with van der Waals surface area (Å²) in [5.41, 5.74) is 0.471. The third kappa shape index (κ3) is 3.28. The Morgan fingerprint density at radius 2 is 1.78 bits per heavy atom. The number of piperidine rings is 1. The molecule has 0 spiro atoms. The van der Waals surface area contributed by atoms with E-state index in [1.54, 1.807) is 18.2 Å². The summed E-state index contributed by atoms with van der Waals surface area (Å²) in [6.45, 7) is 3.96. The molecule has 2 aliphatic heterocycles. The molecule has 3 rings (SSSR count). The Morgan fingerprint density at radius 3 is 2.48 bits per heavy atom. The largest absolute Gasteiger partial charge is 0.336 e. The minimum absolute atomic E-state index is 0.0596. The number of likely N-dealkylation sites (tertiary alicyclic amines) is 1. The van der Waals surface area contributed by atoms with E-state index in [1.165, 1.54) is 10.4 Å². The summed E-state index contributed by atoms with van der Waals surface area (Å²) in [5, 5.41) is 0. The molecule has 0 bridgehead atoms. The number of hydrogen-bond donors (Lipinski definition) is 0. The fourth-order valence-corrected chi connectivity index (χ4v) is 5.00. The molecule has 2 fully saturated rings. The highest BCUT2D eigenvalue weighted by Crippen LogP contribution is 2.24. The fraction of sp³-hybridized carbons (Fsp3) is 0.588. The zero-order valence-electron chi connectivity index (χ0n) is 13.6. The Hall–Kier alpha value is -1.40. The lowest BCUT2D eigenvalue weighted by molar-refractivity contribution is 0.0635. The normalized spacial score (nSPS) is 23.2. The Balaban J connectivity index is 1.86. The SMILES string of the molecule is CC1CCCCN1C(=O)c1cccc(S(=O)(=O)N2CCCC2)c1. The summed E-state index contributed by atoms with van der Waals surface area (Å²) in [6.07, 6.45) is 4.99. The first-order valence-corrected chi connectivity index (χ1v) is 9.85. The molecule has 2 aliphatic rings. The molecule has 23 heavy (non-hydrogen) atoms. The van der Waals surface area contributed by atoms with E-state index in [2.05, 4.69) is 6.92 Å². The van der Waals surface area contributed by atoms with E-state index in [4.69, 9.17) is 0 Å². The smallest absolute Gasteiger partial charge is 0.254 e. The third-order valence-corrected chi connectivity index (χ3v) is 6.74. The van der Waals surface area contributed by atoms with Gasteiger partial charge in [0, 0.05) is 31.2 Å². The summed E-state index contributed by atoms with van der Waals surface area (Å²) in [4.78, 5) is 14.8. The van der Waals surface area contributed by atoms with Crippen LogP contribution in [0, 0.1) is 0 Å². The van der Waals surface area contributed by atoms with Crippen molar-refractivity contribution in [1.29, 1.82) is 0 Å². The van der Waals surface area contributed by atoms with Crippen LogP contribution in [0.15, 0.2) is 29.2 Å². The van der Waals surface area contributed by atoms with Gasteiger partial charge in [-0.1, -0.05) is 6.07 Å². The first-order valence-electron chi connectivity index (χ1n) is 8.41. The third-order valence-electron chi connectivity index (χ3n) is 4.85. The van der Waals surface area contributed by atoms with Crippen LogP contribution in [0.4, 0.5) is 0 Å². The molecule has 0 radical (unpaired) electrons. The minimum Gasteiger partial charge on any atom is -0.336 e. The zero-order valence-corrected chi connectivity index (χ0v) is 14.4. The summed E-state index contributed by atoms with van der Waals surface area (Å²) in [7, 11) is -3.48. The van der Waals surface area contributed by atoms with Crippen molar-refractivity contribution in [3.05, 3.63) is 29.8 Å². The van der Waals surface area contributed by atoms with Gasteiger partial charge in [-0.25, -0.2) is 8.42 Å². The lowest BCUT2D eigenvalue weighted by atomic mass is 10.0. The van der Waals surface area contributed by atoms with E-state index < -0.39 is 10.0 Å². The van der Waals surface area contributed by atoms with Crippen LogP contribution in [-0.4, -0.2) is 49.2 Å². The summed E-state index contributed by atoms with van der Waals surface area (Å²) in [6, 6.07) is 6.73. The van der Waals surface area contributed by atoms with Crippen molar-refractivity contribution in [3.8, 4) is 0 Å². The van der Waals surface area contributed by atoms with Gasteiger partial charge in [0.25, 0.3) is 5.91 Å². The van der Waals surface area contributed by atoms with Gasteiger partial charge < -0.3 is 4.90 Å². The Morgan fingerprint density at radius 1 is 1.09 bits per heavy atom. The molecule has 0 aliphatic carbocycles. The molecular weight excluding hydrogens is 312 g/mol. The zero-order chi connectivity index (χ0) is 16.4. The number of nitrogens with zero attached hydrogens (tertiary/aromatic N) is 2. The van der Waals surface area contributed by atoms with Crippen LogP contribution < -0.4 is 0 Å². The van der Waals surface area contributed by atoms with Gasteiger partial charge in [0.15, 0.2) is 0 Å². The molecule has 2 heterocycles. The van der Waals surface area contributed by atoms with Crippen molar-refractivity contribution >= 4 is 15.9 Å². The van der Waals surface area contributed by atoms with Crippen molar-refractivity contribution in [3.63, 3.8) is 0 Å². The first kappa shape index (κ1) is 16.5. The van der Waals surface area contributed by atoms with Gasteiger partial charge in [-0.15, -0.1) is 0 Å². The average Bonchev–Trinajstić information content (AvgIpc) is 3.10. The molecule has 1 atom stereocenters. The number of rotatable bonds is 3. The van der Waals surface area contributed by atoms with E-state index >= 15 is 0 Å². The maximum Gasteiger partial charge on any atom is 0.254 e. The van der Waals surface area contributed by atoms with Crippen molar-refractivity contribution in [1.82, 2.24) is 9.21 Å². The molecule has 5 nitrogen and oxygen atoms in total. The van der Waals surface area contributed by atoms with Crippen LogP contribution in [-0.2, 0) is 10.0 Å². The Labute approximate surface area is 138 Å². The second kappa shape index (κ2) is 6.61. The molecule has 1 amide bonds. The molecule has 2 saturated heterocycles. The minimum atomic E-state index is -3.48. The van der Waals surface area contributed by atoms with Gasteiger partial charge in [-0.2, -0.15) is 4.31 Å². The fourth-order valence-electron chi connectivity index (χ4n) is 3.43. The van der Waals surface area contributed by atoms with Gasteiger partial charge >= 0.3 is 0 Å². The molecule has 0 saturated carbocycles. The van der Waals surface area contributed by atoms with Gasteiger partial charge in [0.1, 0.15) is 0 Å². The van der Waals surface area contributed by atoms with Crippen LogP contribution in [0.3, 0.4) is 0 Å². The lowest BCUT2D eigenvalue weighted by Crippen LogP contribution is -2.42. The van der Waals surface area contributed by atoms with Crippen molar-refractivity contribution in [2.24, 2.45) is 0 Å². The van der Waals surface area contributed by atoms with Gasteiger partial charge in [0.2, 0.25) is 10.0 Å². The maximum atomic E-state index is 12.7. The number of amides is 1. The predicted molar refractivity (Wildman–Crippen MR) is 88.8 cm³/mol. The lowest BCUT2D eigenvalue weighted by Gasteiger charge is -2.33. The quantitative estimate of drug-likeness (QED) is 0.852. The number of carbonyl (C=O) groups excluding carboxylic acids is 1. The summed E-state index contributed by atoms with van der Waals surface area (Å²) in [5.74, 6) is -0.0596. The second-order valence-corrected chi connectivity index (χ2v) is 8.42. The van der Waals surface area contributed by atoms with E-state index in [-0.39, 0.29) is 16.8 Å². The monoisotopic (exact) mass is 336 g/mol. The van der Waals surface area contributed by atoms with Crippen LogP contribution >= 0.6 is 0 Å². The average molecular weight is 336 g/mol. The number of carbonyl (C=O) groups is 1. The van der Waals surface area contributed by atoms with Crippen molar-refractivity contribution in [2.45, 2.75) is 50.0 Å². The second-order valence-electron chi connectivity index (χ2n) is 6.48. The van der Waals surface area contributed by atoms with E-state index in [9.17, 15) is 13.2 Å². The maximum absolute atomic E-state index is 12.7. The molecule has 1 aromatic rings. The summed E-state index contributed by atoms with van der Waals surface area (Å²) >= 11 is 0.